The monoisotopic (exact) mass is 432 g/mol. The van der Waals surface area contributed by atoms with Crippen molar-refractivity contribution in [1.29, 1.82) is 0 Å². The molecule has 0 bridgehead atoms. The van der Waals surface area contributed by atoms with Crippen LogP contribution in [0.1, 0.15) is 34.0 Å². The highest BCUT2D eigenvalue weighted by atomic mass is 35.5. The van der Waals surface area contributed by atoms with Crippen molar-refractivity contribution in [3.05, 3.63) is 83.2 Å². The third-order valence-electron chi connectivity index (χ3n) is 5.43. The summed E-state index contributed by atoms with van der Waals surface area (Å²) in [7, 11) is 0. The van der Waals surface area contributed by atoms with E-state index in [1.807, 2.05) is 37.3 Å². The molecule has 2 aromatic carbocycles. The van der Waals surface area contributed by atoms with Gasteiger partial charge in [-0.25, -0.2) is 13.5 Å². The normalized spacial score (nSPS) is 18.5. The van der Waals surface area contributed by atoms with Gasteiger partial charge in [-0.05, 0) is 49.7 Å². The van der Waals surface area contributed by atoms with Gasteiger partial charge in [0.05, 0.1) is 23.1 Å². The summed E-state index contributed by atoms with van der Waals surface area (Å²) in [4.78, 5) is 13.0. The number of benzene rings is 2. The van der Waals surface area contributed by atoms with Crippen LogP contribution in [0, 0.1) is 18.6 Å². The molecule has 3 aromatic rings. The largest absolute Gasteiger partial charge is 0.347 e. The Morgan fingerprint density at radius 2 is 1.93 bits per heavy atom. The second kappa shape index (κ2) is 9.36. The van der Waals surface area contributed by atoms with E-state index in [4.69, 9.17) is 0 Å². The highest BCUT2D eigenvalue weighted by Gasteiger charge is 2.29. The van der Waals surface area contributed by atoms with E-state index in [0.29, 0.717) is 17.7 Å². The quantitative estimate of drug-likeness (QED) is 0.660. The van der Waals surface area contributed by atoms with Crippen LogP contribution in [0.5, 0.6) is 0 Å². The predicted octanol–water partition coefficient (Wildman–Crippen LogP) is 3.76. The van der Waals surface area contributed by atoms with Crippen molar-refractivity contribution in [1.82, 2.24) is 20.4 Å². The number of carbonyl (C=O) groups is 1. The van der Waals surface area contributed by atoms with Crippen LogP contribution in [0.3, 0.4) is 0 Å². The van der Waals surface area contributed by atoms with Gasteiger partial charge in [-0.3, -0.25) is 4.79 Å². The van der Waals surface area contributed by atoms with Gasteiger partial charge in [-0.2, -0.15) is 5.10 Å². The SMILES string of the molecule is Cc1c(C(=O)NC2CNCCC2c2ccc(F)c(F)c2)cnn1-c1ccccc1.Cl. The summed E-state index contributed by atoms with van der Waals surface area (Å²) in [5.74, 6) is -2.07. The molecular formula is C22H23ClF2N4O. The van der Waals surface area contributed by atoms with E-state index in [1.54, 1.807) is 16.9 Å². The molecule has 4 rings (SSSR count). The lowest BCUT2D eigenvalue weighted by atomic mass is 9.86. The van der Waals surface area contributed by atoms with Gasteiger partial charge in [0.25, 0.3) is 5.91 Å². The number of para-hydroxylation sites is 1. The first-order valence-electron chi connectivity index (χ1n) is 9.61. The van der Waals surface area contributed by atoms with Gasteiger partial charge in [0.15, 0.2) is 11.6 Å². The molecular weight excluding hydrogens is 410 g/mol. The van der Waals surface area contributed by atoms with Crippen molar-refractivity contribution < 1.29 is 13.6 Å². The minimum atomic E-state index is -0.869. The number of nitrogens with zero attached hydrogens (tertiary/aromatic N) is 2. The molecule has 8 heteroatoms. The summed E-state index contributed by atoms with van der Waals surface area (Å²) < 4.78 is 28.8. The van der Waals surface area contributed by atoms with E-state index in [0.717, 1.165) is 30.4 Å². The summed E-state index contributed by atoms with van der Waals surface area (Å²) in [5, 5.41) is 10.7. The van der Waals surface area contributed by atoms with E-state index < -0.39 is 11.6 Å². The first-order valence-corrected chi connectivity index (χ1v) is 9.61. The van der Waals surface area contributed by atoms with E-state index >= 15 is 0 Å². The zero-order valence-electron chi connectivity index (χ0n) is 16.4. The zero-order chi connectivity index (χ0) is 20.4. The Morgan fingerprint density at radius 1 is 1.17 bits per heavy atom. The zero-order valence-corrected chi connectivity index (χ0v) is 17.3. The third-order valence-corrected chi connectivity index (χ3v) is 5.43. The number of carbonyl (C=O) groups excluding carboxylic acids is 1. The van der Waals surface area contributed by atoms with E-state index in [2.05, 4.69) is 15.7 Å². The number of hydrogen-bond donors (Lipinski definition) is 2. The van der Waals surface area contributed by atoms with Crippen molar-refractivity contribution in [2.45, 2.75) is 25.3 Å². The Bertz CT molecular complexity index is 1030. The third kappa shape index (κ3) is 4.37. The maximum atomic E-state index is 13.7. The van der Waals surface area contributed by atoms with Crippen molar-refractivity contribution in [2.24, 2.45) is 0 Å². The molecule has 1 aliphatic heterocycles. The van der Waals surface area contributed by atoms with E-state index in [-0.39, 0.29) is 30.3 Å². The molecule has 1 aromatic heterocycles. The molecule has 0 radical (unpaired) electrons. The van der Waals surface area contributed by atoms with Crippen LogP contribution < -0.4 is 10.6 Å². The van der Waals surface area contributed by atoms with Crippen molar-refractivity contribution >= 4 is 18.3 Å². The molecule has 0 saturated carbocycles. The fourth-order valence-electron chi connectivity index (χ4n) is 3.86. The molecule has 5 nitrogen and oxygen atoms in total. The van der Waals surface area contributed by atoms with E-state index in [9.17, 15) is 13.6 Å². The van der Waals surface area contributed by atoms with E-state index in [1.165, 1.54) is 6.07 Å². The maximum absolute atomic E-state index is 13.7. The number of piperidine rings is 1. The molecule has 2 N–H and O–H groups in total. The minimum Gasteiger partial charge on any atom is -0.347 e. The first-order chi connectivity index (χ1) is 14.0. The molecule has 0 aliphatic carbocycles. The van der Waals surface area contributed by atoms with Crippen molar-refractivity contribution in [3.8, 4) is 5.69 Å². The summed E-state index contributed by atoms with van der Waals surface area (Å²) in [5.41, 5.74) is 2.79. The van der Waals surface area contributed by atoms with Crippen LogP contribution in [0.2, 0.25) is 0 Å². The number of amides is 1. The Kier molecular flexibility index (Phi) is 6.84. The van der Waals surface area contributed by atoms with Crippen LogP contribution in [0.25, 0.3) is 5.69 Å². The van der Waals surface area contributed by atoms with Gasteiger partial charge in [-0.1, -0.05) is 24.3 Å². The second-order valence-electron chi connectivity index (χ2n) is 7.24. The van der Waals surface area contributed by atoms with Gasteiger partial charge in [0.2, 0.25) is 0 Å². The molecule has 1 saturated heterocycles. The Hall–Kier alpha value is -2.77. The number of rotatable bonds is 4. The van der Waals surface area contributed by atoms with Gasteiger partial charge < -0.3 is 10.6 Å². The first kappa shape index (κ1) is 21.9. The highest BCUT2D eigenvalue weighted by molar-refractivity contribution is 5.95. The topological polar surface area (TPSA) is 59.0 Å². The smallest absolute Gasteiger partial charge is 0.255 e. The lowest BCUT2D eigenvalue weighted by Crippen LogP contribution is -2.50. The number of halogens is 3. The minimum absolute atomic E-state index is 0. The summed E-state index contributed by atoms with van der Waals surface area (Å²) >= 11 is 0. The number of aromatic nitrogens is 2. The van der Waals surface area contributed by atoms with Gasteiger partial charge in [-0.15, -0.1) is 12.4 Å². The second-order valence-corrected chi connectivity index (χ2v) is 7.24. The molecule has 1 amide bonds. The van der Waals surface area contributed by atoms with Crippen molar-refractivity contribution in [2.75, 3.05) is 13.1 Å². The molecule has 2 heterocycles. The van der Waals surface area contributed by atoms with Gasteiger partial charge in [0.1, 0.15) is 0 Å². The summed E-state index contributed by atoms with van der Waals surface area (Å²) in [6.45, 7) is 3.16. The summed E-state index contributed by atoms with van der Waals surface area (Å²) in [6, 6.07) is 13.3. The standard InChI is InChI=1S/C22H22F2N4O.ClH/c1-14-18(12-26-28(14)16-5-3-2-4-6-16)22(29)27-21-13-25-10-9-17(21)15-7-8-19(23)20(24)11-15;/h2-8,11-12,17,21,25H,9-10,13H2,1H3,(H,27,29);1H. The Morgan fingerprint density at radius 3 is 2.67 bits per heavy atom. The molecule has 1 fully saturated rings. The molecule has 158 valence electrons. The fraction of sp³-hybridized carbons (Fsp3) is 0.273. The lowest BCUT2D eigenvalue weighted by molar-refractivity contribution is 0.0923. The molecule has 2 unspecified atom stereocenters. The van der Waals surface area contributed by atoms with Crippen LogP contribution >= 0.6 is 12.4 Å². The highest BCUT2D eigenvalue weighted by Crippen LogP contribution is 2.27. The number of nitrogens with one attached hydrogen (secondary N) is 2. The van der Waals surface area contributed by atoms with Gasteiger partial charge in [0, 0.05) is 18.5 Å². The summed E-state index contributed by atoms with van der Waals surface area (Å²) in [6.07, 6.45) is 2.28. The van der Waals surface area contributed by atoms with Crippen LogP contribution in [-0.4, -0.2) is 34.8 Å². The molecule has 30 heavy (non-hydrogen) atoms. The number of hydrogen-bond acceptors (Lipinski definition) is 3. The van der Waals surface area contributed by atoms with Crippen LogP contribution in [-0.2, 0) is 0 Å². The Labute approximate surface area is 179 Å². The fourth-order valence-corrected chi connectivity index (χ4v) is 3.86. The van der Waals surface area contributed by atoms with Gasteiger partial charge >= 0.3 is 0 Å². The maximum Gasteiger partial charge on any atom is 0.255 e. The average molecular weight is 433 g/mol. The molecule has 1 aliphatic rings. The molecule has 0 spiro atoms. The average Bonchev–Trinajstić information content (AvgIpc) is 3.12. The van der Waals surface area contributed by atoms with Crippen molar-refractivity contribution in [3.63, 3.8) is 0 Å². The lowest BCUT2D eigenvalue weighted by Gasteiger charge is -2.33. The molecule has 2 atom stereocenters. The van der Waals surface area contributed by atoms with Crippen LogP contribution in [0.15, 0.2) is 54.7 Å². The van der Waals surface area contributed by atoms with Crippen LogP contribution in [0.4, 0.5) is 8.78 Å². The Balaban J connectivity index is 0.00000256. The predicted molar refractivity (Wildman–Crippen MR) is 113 cm³/mol.